The van der Waals surface area contributed by atoms with Gasteiger partial charge in [0.2, 0.25) is 0 Å². The lowest BCUT2D eigenvalue weighted by Gasteiger charge is -2.17. The molecule has 0 amide bonds. The van der Waals surface area contributed by atoms with E-state index in [4.69, 9.17) is 4.42 Å². The summed E-state index contributed by atoms with van der Waals surface area (Å²) in [5.41, 5.74) is 0.00738. The van der Waals surface area contributed by atoms with Crippen LogP contribution in [0, 0.1) is 6.92 Å². The third kappa shape index (κ3) is 4.82. The molecule has 0 aliphatic carbocycles. The molecule has 0 unspecified atom stereocenters. The fourth-order valence-corrected chi connectivity index (χ4v) is 6.73. The number of aryl methyl sites for hydroxylation is 1. The fourth-order valence-electron chi connectivity index (χ4n) is 3.08. The molecule has 3 heterocycles. The van der Waals surface area contributed by atoms with Crippen LogP contribution in [0.2, 0.25) is 0 Å². The van der Waals surface area contributed by atoms with Crippen LogP contribution in [-0.4, -0.2) is 51.0 Å². The average Bonchev–Trinajstić information content (AvgIpc) is 3.38. The van der Waals surface area contributed by atoms with Gasteiger partial charge in [-0.15, -0.1) is 15.7 Å². The molecule has 32 heavy (non-hydrogen) atoms. The quantitative estimate of drug-likeness (QED) is 0.500. The largest absolute Gasteiger partial charge is 0.504 e. The van der Waals surface area contributed by atoms with Crippen molar-refractivity contribution in [3.63, 3.8) is 0 Å². The van der Waals surface area contributed by atoms with E-state index in [0.717, 1.165) is 11.3 Å². The molecular formula is C18H25N5O6S3. The van der Waals surface area contributed by atoms with Gasteiger partial charge in [0.05, 0.1) is 5.69 Å². The summed E-state index contributed by atoms with van der Waals surface area (Å²) in [6.07, 6.45) is 0.529. The third-order valence-electron chi connectivity index (χ3n) is 4.69. The summed E-state index contributed by atoms with van der Waals surface area (Å²) < 4.78 is 62.1. The van der Waals surface area contributed by atoms with Crippen LogP contribution in [0.4, 0.5) is 5.69 Å². The normalized spacial score (nSPS) is 18.0. The average molecular weight is 504 g/mol. The number of nitrogens with zero attached hydrogens (tertiary/aromatic N) is 3. The van der Waals surface area contributed by atoms with Crippen LogP contribution in [-0.2, 0) is 20.2 Å². The molecule has 1 atom stereocenters. The molecule has 0 saturated heterocycles. The van der Waals surface area contributed by atoms with Gasteiger partial charge in [0.1, 0.15) is 17.6 Å². The second-order valence-electron chi connectivity index (χ2n) is 6.87. The summed E-state index contributed by atoms with van der Waals surface area (Å²) >= 11 is 0.823. The molecular weight excluding hydrogens is 478 g/mol. The molecule has 2 aromatic rings. The highest BCUT2D eigenvalue weighted by Gasteiger charge is 2.32. The summed E-state index contributed by atoms with van der Waals surface area (Å²) in [7, 11) is -7.93. The number of amidine groups is 2. The van der Waals surface area contributed by atoms with Gasteiger partial charge in [-0.1, -0.05) is 20.8 Å². The Morgan fingerprint density at radius 2 is 2.00 bits per heavy atom. The first-order valence-electron chi connectivity index (χ1n) is 9.87. The van der Waals surface area contributed by atoms with Crippen molar-refractivity contribution >= 4 is 48.9 Å². The number of aromatic hydroxyl groups is 1. The van der Waals surface area contributed by atoms with Gasteiger partial charge in [-0.2, -0.15) is 12.7 Å². The Morgan fingerprint density at radius 3 is 2.56 bits per heavy atom. The van der Waals surface area contributed by atoms with Crippen LogP contribution in [0.3, 0.4) is 0 Å². The van der Waals surface area contributed by atoms with E-state index < -0.39 is 32.0 Å². The van der Waals surface area contributed by atoms with Crippen molar-refractivity contribution in [2.24, 2.45) is 9.39 Å². The number of aliphatic imine (C=N–C) groups is 1. The van der Waals surface area contributed by atoms with Crippen LogP contribution in [0.15, 0.2) is 35.5 Å². The highest BCUT2D eigenvalue weighted by atomic mass is 32.2. The van der Waals surface area contributed by atoms with Gasteiger partial charge >= 0.3 is 10.2 Å². The lowest BCUT2D eigenvalue weighted by atomic mass is 10.2. The third-order valence-corrected chi connectivity index (χ3v) is 9.10. The van der Waals surface area contributed by atoms with E-state index in [1.54, 1.807) is 32.9 Å². The zero-order valence-corrected chi connectivity index (χ0v) is 20.4. The number of hydrogen-bond acceptors (Lipinski definition) is 9. The highest BCUT2D eigenvalue weighted by molar-refractivity contribution is 7.91. The van der Waals surface area contributed by atoms with Crippen molar-refractivity contribution in [2.75, 3.05) is 18.4 Å². The summed E-state index contributed by atoms with van der Waals surface area (Å²) in [5, 5.41) is 14.6. The monoisotopic (exact) mass is 503 g/mol. The first-order valence-corrected chi connectivity index (χ1v) is 13.6. The van der Waals surface area contributed by atoms with E-state index in [-0.39, 0.29) is 34.7 Å². The van der Waals surface area contributed by atoms with Gasteiger partial charge < -0.3 is 14.8 Å². The lowest BCUT2D eigenvalue weighted by Crippen LogP contribution is -2.31. The summed E-state index contributed by atoms with van der Waals surface area (Å²) in [6.45, 7) is 7.54. The van der Waals surface area contributed by atoms with Gasteiger partial charge in [0.15, 0.2) is 21.6 Å². The Morgan fingerprint density at radius 1 is 1.31 bits per heavy atom. The highest BCUT2D eigenvalue weighted by Crippen LogP contribution is 2.39. The van der Waals surface area contributed by atoms with Crippen molar-refractivity contribution in [2.45, 2.75) is 44.4 Å². The van der Waals surface area contributed by atoms with Gasteiger partial charge in [-0.25, -0.2) is 13.1 Å². The van der Waals surface area contributed by atoms with E-state index in [1.807, 2.05) is 6.92 Å². The van der Waals surface area contributed by atoms with Gasteiger partial charge in [-0.3, -0.25) is 4.99 Å². The fraction of sp³-hybridized carbons (Fsp3) is 0.444. The van der Waals surface area contributed by atoms with Crippen molar-refractivity contribution in [3.05, 3.63) is 29.0 Å². The number of sulfonamides is 1. The smallest absolute Gasteiger partial charge is 0.345 e. The predicted octanol–water partition coefficient (Wildman–Crippen LogP) is 2.59. The molecule has 0 bridgehead atoms. The van der Waals surface area contributed by atoms with Crippen molar-refractivity contribution in [1.82, 2.24) is 9.03 Å². The Kier molecular flexibility index (Phi) is 6.97. The minimum atomic E-state index is -4.04. The summed E-state index contributed by atoms with van der Waals surface area (Å²) in [6, 6.07) is 3.07. The maximum absolute atomic E-state index is 12.8. The standard InChI is InChI=1S/C18H25N5O6S3/c1-5-12(14-9-8-11(4)29-14)19-16-17(22-32(27,28)21-16)20-13-10-30-18(15(13)24)31(25,26)23(6-2)7-3/h8-10,12,24H,5-7H2,1-4H3,(H,19,21)(H,20,22)/t12-/m1/s1. The second kappa shape index (κ2) is 9.21. The van der Waals surface area contributed by atoms with Crippen molar-refractivity contribution < 1.29 is 26.4 Å². The van der Waals surface area contributed by atoms with Gasteiger partial charge in [0, 0.05) is 18.5 Å². The Hall–Kier alpha value is -2.42. The molecule has 0 radical (unpaired) electrons. The van der Waals surface area contributed by atoms with Crippen LogP contribution in [0.5, 0.6) is 5.75 Å². The minimum absolute atomic E-state index is 0.00738. The number of anilines is 1. The SMILES string of the molecule is CC[C@@H](N=C1NS(=O)(=O)N=C1Nc1csc(S(=O)(=O)N(CC)CC)c1O)c1ccc(C)o1. The molecule has 1 aliphatic heterocycles. The summed E-state index contributed by atoms with van der Waals surface area (Å²) in [4.78, 5) is 4.43. The topological polar surface area (TPSA) is 154 Å². The van der Waals surface area contributed by atoms with Gasteiger partial charge in [0.25, 0.3) is 10.0 Å². The van der Waals surface area contributed by atoms with Crippen molar-refractivity contribution in [1.29, 1.82) is 0 Å². The Balaban J connectivity index is 1.94. The number of hydrogen-bond donors (Lipinski definition) is 3. The molecule has 14 heteroatoms. The number of rotatable bonds is 8. The van der Waals surface area contributed by atoms with Crippen LogP contribution >= 0.6 is 11.3 Å². The Labute approximate surface area is 191 Å². The van der Waals surface area contributed by atoms with Gasteiger partial charge in [-0.05, 0) is 25.5 Å². The first kappa shape index (κ1) is 24.2. The van der Waals surface area contributed by atoms with Crippen LogP contribution < -0.4 is 10.0 Å². The zero-order valence-electron chi connectivity index (χ0n) is 18.0. The maximum Gasteiger partial charge on any atom is 0.345 e. The van der Waals surface area contributed by atoms with Crippen LogP contribution in [0.1, 0.15) is 44.8 Å². The molecule has 176 valence electrons. The molecule has 0 spiro atoms. The molecule has 0 saturated carbocycles. The maximum atomic E-state index is 12.8. The number of nitrogens with one attached hydrogen (secondary N) is 2. The molecule has 2 aromatic heterocycles. The molecule has 3 N–H and O–H groups in total. The van der Waals surface area contributed by atoms with E-state index in [9.17, 15) is 21.9 Å². The molecule has 0 fully saturated rings. The Bertz CT molecular complexity index is 1260. The molecule has 1 aliphatic rings. The number of thiophene rings is 1. The first-order chi connectivity index (χ1) is 15.0. The zero-order chi connectivity index (χ0) is 23.7. The van der Waals surface area contributed by atoms with E-state index in [0.29, 0.717) is 17.9 Å². The van der Waals surface area contributed by atoms with Crippen molar-refractivity contribution in [3.8, 4) is 5.75 Å². The molecule has 0 aromatic carbocycles. The van der Waals surface area contributed by atoms with E-state index in [2.05, 4.69) is 19.4 Å². The minimum Gasteiger partial charge on any atom is -0.504 e. The van der Waals surface area contributed by atoms with E-state index in [1.165, 1.54) is 9.69 Å². The predicted molar refractivity (Wildman–Crippen MR) is 123 cm³/mol. The van der Waals surface area contributed by atoms with Crippen LogP contribution in [0.25, 0.3) is 0 Å². The lowest BCUT2D eigenvalue weighted by molar-refractivity contribution is 0.434. The summed E-state index contributed by atoms with van der Waals surface area (Å²) in [5.74, 6) is 0.523. The molecule has 3 rings (SSSR count). The van der Waals surface area contributed by atoms with E-state index >= 15 is 0 Å². The molecule has 11 nitrogen and oxygen atoms in total. The second-order valence-corrected chi connectivity index (χ2v) is 11.2. The number of furan rings is 1.